The van der Waals surface area contributed by atoms with Crippen LogP contribution in [0.15, 0.2) is 0 Å². The molecule has 0 saturated heterocycles. The van der Waals surface area contributed by atoms with Gasteiger partial charge in [0.05, 0.1) is 6.61 Å². The summed E-state index contributed by atoms with van der Waals surface area (Å²) in [4.78, 5) is 21.5. The molecule has 0 atom stereocenters. The lowest BCUT2D eigenvalue weighted by Gasteiger charge is -2.28. The summed E-state index contributed by atoms with van der Waals surface area (Å²) in [6, 6.07) is 0.350. The Kier molecular flexibility index (Phi) is 5.29. The molecule has 1 fully saturated rings. The van der Waals surface area contributed by atoms with E-state index in [9.17, 15) is 9.59 Å². The van der Waals surface area contributed by atoms with Crippen molar-refractivity contribution in [2.75, 3.05) is 6.61 Å². The fraction of sp³-hybridized carbons (Fsp3) is 0.833. The first-order valence-corrected chi connectivity index (χ1v) is 5.98. The highest BCUT2D eigenvalue weighted by Gasteiger charge is 2.21. The molecule has 1 aliphatic carbocycles. The van der Waals surface area contributed by atoms with E-state index in [1.54, 1.807) is 6.92 Å². The van der Waals surface area contributed by atoms with Gasteiger partial charge < -0.3 is 10.1 Å². The highest BCUT2D eigenvalue weighted by molar-refractivity contribution is 5.73. The molecule has 1 N–H and O–H groups in total. The number of ether oxygens (including phenoxy) is 1. The maximum absolute atomic E-state index is 10.9. The third-order valence-electron chi connectivity index (χ3n) is 3.09. The number of rotatable bonds is 4. The summed E-state index contributed by atoms with van der Waals surface area (Å²) >= 11 is 0. The number of carbonyl (C=O) groups excluding carboxylic acids is 2. The molecule has 0 aromatic carbocycles. The normalized spacial score (nSPS) is 24.9. The predicted octanol–water partition coefficient (Wildman–Crippen LogP) is 1.63. The first kappa shape index (κ1) is 13.0. The van der Waals surface area contributed by atoms with Gasteiger partial charge in [-0.15, -0.1) is 0 Å². The summed E-state index contributed by atoms with van der Waals surface area (Å²) in [7, 11) is 0. The van der Waals surface area contributed by atoms with Crippen molar-refractivity contribution in [1.82, 2.24) is 5.32 Å². The maximum Gasteiger partial charge on any atom is 0.302 e. The summed E-state index contributed by atoms with van der Waals surface area (Å²) in [6.45, 7) is 3.53. The van der Waals surface area contributed by atoms with Crippen molar-refractivity contribution in [2.45, 2.75) is 52.0 Å². The Morgan fingerprint density at radius 3 is 2.31 bits per heavy atom. The molecule has 0 unspecified atom stereocenters. The summed E-state index contributed by atoms with van der Waals surface area (Å²) in [5.41, 5.74) is 0. The standard InChI is InChI=1S/C12H21NO3/c1-9(14)13-12-5-3-11(4-6-12)7-8-16-10(2)15/h11-12H,3-8H2,1-2H3,(H,13,14). The van der Waals surface area contributed by atoms with Crippen LogP contribution in [-0.4, -0.2) is 24.5 Å². The van der Waals surface area contributed by atoms with Crippen molar-refractivity contribution in [3.8, 4) is 0 Å². The molecule has 0 heterocycles. The van der Waals surface area contributed by atoms with Crippen molar-refractivity contribution in [2.24, 2.45) is 5.92 Å². The van der Waals surface area contributed by atoms with Crippen molar-refractivity contribution >= 4 is 11.9 Å². The molecular formula is C12H21NO3. The van der Waals surface area contributed by atoms with Crippen molar-refractivity contribution in [3.63, 3.8) is 0 Å². The molecule has 1 rings (SSSR count). The van der Waals surface area contributed by atoms with Crippen LogP contribution in [0.3, 0.4) is 0 Å². The van der Waals surface area contributed by atoms with Crippen LogP contribution in [-0.2, 0) is 14.3 Å². The van der Waals surface area contributed by atoms with Crippen molar-refractivity contribution < 1.29 is 14.3 Å². The Balaban J connectivity index is 2.12. The van der Waals surface area contributed by atoms with Gasteiger partial charge >= 0.3 is 5.97 Å². The van der Waals surface area contributed by atoms with E-state index >= 15 is 0 Å². The lowest BCUT2D eigenvalue weighted by molar-refractivity contribution is -0.141. The molecule has 1 saturated carbocycles. The van der Waals surface area contributed by atoms with Gasteiger partial charge in [-0.2, -0.15) is 0 Å². The second-order valence-corrected chi connectivity index (χ2v) is 4.55. The van der Waals surface area contributed by atoms with Gasteiger partial charge in [-0.25, -0.2) is 0 Å². The zero-order chi connectivity index (χ0) is 12.0. The van der Waals surface area contributed by atoms with Crippen LogP contribution in [0, 0.1) is 5.92 Å². The number of carbonyl (C=O) groups is 2. The monoisotopic (exact) mass is 227 g/mol. The van der Waals surface area contributed by atoms with Gasteiger partial charge in [0.2, 0.25) is 5.91 Å². The Labute approximate surface area is 96.7 Å². The molecule has 16 heavy (non-hydrogen) atoms. The molecule has 0 radical (unpaired) electrons. The van der Waals surface area contributed by atoms with Gasteiger partial charge in [0.1, 0.15) is 0 Å². The fourth-order valence-electron chi connectivity index (χ4n) is 2.25. The fourth-order valence-corrected chi connectivity index (χ4v) is 2.25. The number of nitrogens with one attached hydrogen (secondary N) is 1. The third kappa shape index (κ3) is 5.14. The van der Waals surface area contributed by atoms with Gasteiger partial charge in [0.25, 0.3) is 0 Å². The molecule has 0 aliphatic heterocycles. The summed E-state index contributed by atoms with van der Waals surface area (Å²) in [5, 5.41) is 2.95. The Bertz CT molecular complexity index is 245. The number of hydrogen-bond acceptors (Lipinski definition) is 3. The Morgan fingerprint density at radius 1 is 1.19 bits per heavy atom. The molecule has 1 aliphatic rings. The van der Waals surface area contributed by atoms with Gasteiger partial charge in [-0.05, 0) is 38.0 Å². The lowest BCUT2D eigenvalue weighted by atomic mass is 9.84. The molecule has 0 spiro atoms. The van der Waals surface area contributed by atoms with E-state index in [0.29, 0.717) is 18.6 Å². The maximum atomic E-state index is 10.9. The van der Waals surface area contributed by atoms with Gasteiger partial charge in [-0.3, -0.25) is 9.59 Å². The topological polar surface area (TPSA) is 55.4 Å². The number of esters is 1. The quantitative estimate of drug-likeness (QED) is 0.743. The highest BCUT2D eigenvalue weighted by atomic mass is 16.5. The SMILES string of the molecule is CC(=O)NC1CCC(CCOC(C)=O)CC1. The highest BCUT2D eigenvalue weighted by Crippen LogP contribution is 2.26. The van der Waals surface area contributed by atoms with Gasteiger partial charge in [0.15, 0.2) is 0 Å². The molecule has 4 nitrogen and oxygen atoms in total. The average Bonchev–Trinajstić information content (AvgIpc) is 2.19. The Hall–Kier alpha value is -1.06. The third-order valence-corrected chi connectivity index (χ3v) is 3.09. The molecule has 92 valence electrons. The largest absolute Gasteiger partial charge is 0.466 e. The first-order chi connectivity index (χ1) is 7.58. The van der Waals surface area contributed by atoms with Crippen LogP contribution in [0.5, 0.6) is 0 Å². The molecule has 1 amide bonds. The van der Waals surface area contributed by atoms with Crippen LogP contribution in [0.4, 0.5) is 0 Å². The van der Waals surface area contributed by atoms with Crippen LogP contribution in [0.25, 0.3) is 0 Å². The van der Waals surface area contributed by atoms with Gasteiger partial charge in [-0.1, -0.05) is 0 Å². The van der Waals surface area contributed by atoms with Crippen LogP contribution < -0.4 is 5.32 Å². The van der Waals surface area contributed by atoms with Gasteiger partial charge in [0, 0.05) is 19.9 Å². The van der Waals surface area contributed by atoms with Crippen LogP contribution in [0.2, 0.25) is 0 Å². The zero-order valence-corrected chi connectivity index (χ0v) is 10.1. The van der Waals surface area contributed by atoms with E-state index in [4.69, 9.17) is 4.74 Å². The predicted molar refractivity (Wildman–Crippen MR) is 60.8 cm³/mol. The van der Waals surface area contributed by atoms with E-state index in [1.807, 2.05) is 0 Å². The molecule has 0 bridgehead atoms. The van der Waals surface area contributed by atoms with Crippen LogP contribution >= 0.6 is 0 Å². The Morgan fingerprint density at radius 2 is 1.81 bits per heavy atom. The zero-order valence-electron chi connectivity index (χ0n) is 10.1. The number of hydrogen-bond donors (Lipinski definition) is 1. The molecule has 0 aromatic rings. The minimum Gasteiger partial charge on any atom is -0.466 e. The summed E-state index contributed by atoms with van der Waals surface area (Å²) in [5.74, 6) is 0.500. The molecular weight excluding hydrogens is 206 g/mol. The summed E-state index contributed by atoms with van der Waals surface area (Å²) < 4.78 is 4.93. The van der Waals surface area contributed by atoms with Crippen molar-refractivity contribution in [1.29, 1.82) is 0 Å². The summed E-state index contributed by atoms with van der Waals surface area (Å²) in [6.07, 6.45) is 5.28. The second kappa shape index (κ2) is 6.51. The smallest absolute Gasteiger partial charge is 0.302 e. The van der Waals surface area contributed by atoms with E-state index < -0.39 is 0 Å². The minimum absolute atomic E-state index is 0.0587. The average molecular weight is 227 g/mol. The van der Waals surface area contributed by atoms with E-state index in [1.165, 1.54) is 6.92 Å². The first-order valence-electron chi connectivity index (χ1n) is 5.98. The number of amides is 1. The minimum atomic E-state index is -0.202. The lowest BCUT2D eigenvalue weighted by Crippen LogP contribution is -2.36. The van der Waals surface area contributed by atoms with Crippen LogP contribution in [0.1, 0.15) is 46.0 Å². The van der Waals surface area contributed by atoms with E-state index in [0.717, 1.165) is 32.1 Å². The van der Waals surface area contributed by atoms with E-state index in [2.05, 4.69) is 5.32 Å². The molecule has 0 aromatic heterocycles. The second-order valence-electron chi connectivity index (χ2n) is 4.55. The molecule has 4 heteroatoms. The van der Waals surface area contributed by atoms with E-state index in [-0.39, 0.29) is 11.9 Å². The van der Waals surface area contributed by atoms with Crippen molar-refractivity contribution in [3.05, 3.63) is 0 Å².